The molecule has 2 heterocycles. The Morgan fingerprint density at radius 1 is 1.19 bits per heavy atom. The molecule has 1 amide bonds. The molecule has 0 radical (unpaired) electrons. The maximum Gasteiger partial charge on any atom is 0.266 e. The van der Waals surface area contributed by atoms with Crippen LogP contribution in [0, 0.1) is 6.92 Å². The molecule has 0 saturated carbocycles. The summed E-state index contributed by atoms with van der Waals surface area (Å²) in [6.07, 6.45) is 0.0856. The van der Waals surface area contributed by atoms with E-state index in [1.165, 1.54) is 11.3 Å². The number of hydrogen-bond acceptors (Lipinski definition) is 6. The molecule has 0 aliphatic carbocycles. The Labute approximate surface area is 157 Å². The summed E-state index contributed by atoms with van der Waals surface area (Å²) in [7, 11) is 3.20. The van der Waals surface area contributed by atoms with Gasteiger partial charge in [-0.15, -0.1) is 11.3 Å². The van der Waals surface area contributed by atoms with Crippen molar-refractivity contribution in [2.24, 2.45) is 0 Å². The van der Waals surface area contributed by atoms with Crippen LogP contribution in [0.25, 0.3) is 10.6 Å². The maximum atomic E-state index is 13.0. The first-order valence-corrected chi connectivity index (χ1v) is 9.39. The molecule has 1 aliphatic heterocycles. The third-order valence-electron chi connectivity index (χ3n) is 4.33. The van der Waals surface area contributed by atoms with E-state index in [0.717, 1.165) is 16.3 Å². The summed E-state index contributed by atoms with van der Waals surface area (Å²) < 4.78 is 16.4. The van der Waals surface area contributed by atoms with Crippen LogP contribution in [0.5, 0.6) is 11.5 Å². The van der Waals surface area contributed by atoms with Crippen molar-refractivity contribution in [3.05, 3.63) is 28.8 Å². The second kappa shape index (κ2) is 7.63. The van der Waals surface area contributed by atoms with E-state index in [0.29, 0.717) is 29.5 Å². The number of carbonyl (C=O) groups is 1. The lowest BCUT2D eigenvalue weighted by Crippen LogP contribution is -2.48. The standard InChI is InChI=1S/C19H24N2O4S/c1-11-9-21(10-12(2)25-11)19(22)17-13(3)20-18(26-17)14-6-7-15(23-4)16(8-14)24-5/h6-8,11-12H,9-10H2,1-5H3. The molecule has 0 N–H and O–H groups in total. The van der Waals surface area contributed by atoms with Crippen molar-refractivity contribution >= 4 is 17.2 Å². The molecule has 1 aromatic heterocycles. The van der Waals surface area contributed by atoms with E-state index in [-0.39, 0.29) is 18.1 Å². The Bertz CT molecular complexity index is 795. The molecule has 2 aromatic rings. The average molecular weight is 376 g/mol. The Morgan fingerprint density at radius 2 is 1.85 bits per heavy atom. The number of ether oxygens (including phenoxy) is 3. The van der Waals surface area contributed by atoms with Crippen molar-refractivity contribution < 1.29 is 19.0 Å². The first-order valence-electron chi connectivity index (χ1n) is 8.57. The zero-order chi connectivity index (χ0) is 18.8. The smallest absolute Gasteiger partial charge is 0.266 e. The summed E-state index contributed by atoms with van der Waals surface area (Å²) in [5.41, 5.74) is 1.65. The maximum absolute atomic E-state index is 13.0. The Kier molecular flexibility index (Phi) is 5.48. The summed E-state index contributed by atoms with van der Waals surface area (Å²) >= 11 is 1.41. The minimum absolute atomic E-state index is 0.0220. The van der Waals surface area contributed by atoms with Crippen molar-refractivity contribution in [1.82, 2.24) is 9.88 Å². The normalized spacial score (nSPS) is 20.1. The quantitative estimate of drug-likeness (QED) is 0.819. The Hall–Kier alpha value is -2.12. The first kappa shape index (κ1) is 18.7. The van der Waals surface area contributed by atoms with Gasteiger partial charge in [-0.25, -0.2) is 4.98 Å². The molecule has 1 aromatic carbocycles. The number of aromatic nitrogens is 1. The van der Waals surface area contributed by atoms with Crippen LogP contribution in [0.3, 0.4) is 0 Å². The predicted molar refractivity (Wildman–Crippen MR) is 101 cm³/mol. The lowest BCUT2D eigenvalue weighted by Gasteiger charge is -2.35. The molecule has 3 rings (SSSR count). The summed E-state index contributed by atoms with van der Waals surface area (Å²) in [6.45, 7) is 7.06. The van der Waals surface area contributed by atoms with Crippen LogP contribution in [-0.4, -0.2) is 55.3 Å². The molecule has 26 heavy (non-hydrogen) atoms. The first-order chi connectivity index (χ1) is 12.4. The van der Waals surface area contributed by atoms with E-state index in [2.05, 4.69) is 4.98 Å². The summed E-state index contributed by atoms with van der Waals surface area (Å²) in [5, 5.41) is 0.793. The highest BCUT2D eigenvalue weighted by Crippen LogP contribution is 2.35. The van der Waals surface area contributed by atoms with Crippen LogP contribution in [0.15, 0.2) is 18.2 Å². The van der Waals surface area contributed by atoms with Crippen LogP contribution in [0.1, 0.15) is 29.2 Å². The van der Waals surface area contributed by atoms with Gasteiger partial charge in [-0.05, 0) is 39.0 Å². The van der Waals surface area contributed by atoms with Gasteiger partial charge < -0.3 is 19.1 Å². The van der Waals surface area contributed by atoms with Gasteiger partial charge >= 0.3 is 0 Å². The molecule has 7 heteroatoms. The summed E-state index contributed by atoms with van der Waals surface area (Å²) in [6, 6.07) is 5.65. The van der Waals surface area contributed by atoms with E-state index in [1.54, 1.807) is 14.2 Å². The number of aryl methyl sites for hydroxylation is 1. The number of thiazole rings is 1. The Balaban J connectivity index is 1.88. The molecule has 1 aliphatic rings. The number of morpholine rings is 1. The van der Waals surface area contributed by atoms with E-state index in [9.17, 15) is 4.79 Å². The van der Waals surface area contributed by atoms with Crippen molar-refractivity contribution in [2.45, 2.75) is 33.0 Å². The largest absolute Gasteiger partial charge is 0.493 e. The highest BCUT2D eigenvalue weighted by molar-refractivity contribution is 7.17. The molecule has 0 spiro atoms. The highest BCUT2D eigenvalue weighted by atomic mass is 32.1. The van der Waals surface area contributed by atoms with E-state index in [4.69, 9.17) is 14.2 Å². The SMILES string of the molecule is COc1ccc(-c2nc(C)c(C(=O)N3CC(C)OC(C)C3)s2)cc1OC. The number of hydrogen-bond donors (Lipinski definition) is 0. The molecule has 0 bridgehead atoms. The van der Waals surface area contributed by atoms with Gasteiger partial charge in [0.1, 0.15) is 9.88 Å². The number of amides is 1. The van der Waals surface area contributed by atoms with E-state index >= 15 is 0 Å². The van der Waals surface area contributed by atoms with Gasteiger partial charge in [0.25, 0.3) is 5.91 Å². The van der Waals surface area contributed by atoms with Crippen molar-refractivity contribution in [2.75, 3.05) is 27.3 Å². The lowest BCUT2D eigenvalue weighted by atomic mass is 10.2. The van der Waals surface area contributed by atoms with Gasteiger partial charge in [0.15, 0.2) is 11.5 Å². The lowest BCUT2D eigenvalue weighted by molar-refractivity contribution is -0.0585. The molecule has 2 atom stereocenters. The van der Waals surface area contributed by atoms with Crippen LogP contribution < -0.4 is 9.47 Å². The Morgan fingerprint density at radius 3 is 2.46 bits per heavy atom. The van der Waals surface area contributed by atoms with Gasteiger partial charge in [-0.1, -0.05) is 0 Å². The fourth-order valence-electron chi connectivity index (χ4n) is 3.17. The minimum atomic E-state index is 0.0220. The summed E-state index contributed by atoms with van der Waals surface area (Å²) in [5.74, 6) is 1.33. The molecule has 2 unspecified atom stereocenters. The fourth-order valence-corrected chi connectivity index (χ4v) is 4.21. The monoisotopic (exact) mass is 376 g/mol. The number of benzene rings is 1. The van der Waals surface area contributed by atoms with E-state index < -0.39 is 0 Å². The topological polar surface area (TPSA) is 60.9 Å². The van der Waals surface area contributed by atoms with E-state index in [1.807, 2.05) is 43.9 Å². The van der Waals surface area contributed by atoms with Crippen molar-refractivity contribution in [3.8, 4) is 22.1 Å². The molecular formula is C19H24N2O4S. The zero-order valence-corrected chi connectivity index (χ0v) is 16.6. The molecular weight excluding hydrogens is 352 g/mol. The average Bonchev–Trinajstić information content (AvgIpc) is 3.01. The predicted octanol–water partition coefficient (Wildman–Crippen LogP) is 3.39. The number of methoxy groups -OCH3 is 2. The van der Waals surface area contributed by atoms with Crippen LogP contribution in [0.4, 0.5) is 0 Å². The number of carbonyl (C=O) groups excluding carboxylic acids is 1. The van der Waals surface area contributed by atoms with Crippen LogP contribution >= 0.6 is 11.3 Å². The molecule has 1 saturated heterocycles. The molecule has 140 valence electrons. The van der Waals surface area contributed by atoms with Gasteiger partial charge in [0.2, 0.25) is 0 Å². The second-order valence-corrected chi connectivity index (χ2v) is 7.47. The number of rotatable bonds is 4. The van der Waals surface area contributed by atoms with Gasteiger partial charge in [0.05, 0.1) is 32.1 Å². The molecule has 6 nitrogen and oxygen atoms in total. The van der Waals surface area contributed by atoms with Crippen molar-refractivity contribution in [1.29, 1.82) is 0 Å². The zero-order valence-electron chi connectivity index (χ0n) is 15.7. The fraction of sp³-hybridized carbons (Fsp3) is 0.474. The van der Waals surface area contributed by atoms with Gasteiger partial charge in [0, 0.05) is 18.7 Å². The van der Waals surface area contributed by atoms with Crippen molar-refractivity contribution in [3.63, 3.8) is 0 Å². The third-order valence-corrected chi connectivity index (χ3v) is 5.52. The highest BCUT2D eigenvalue weighted by Gasteiger charge is 2.29. The summed E-state index contributed by atoms with van der Waals surface area (Å²) in [4.78, 5) is 20.1. The van der Waals surface area contributed by atoms with Gasteiger partial charge in [-0.3, -0.25) is 4.79 Å². The van der Waals surface area contributed by atoms with Crippen LogP contribution in [-0.2, 0) is 4.74 Å². The minimum Gasteiger partial charge on any atom is -0.493 e. The number of nitrogens with zero attached hydrogens (tertiary/aromatic N) is 2. The van der Waals surface area contributed by atoms with Gasteiger partial charge in [-0.2, -0.15) is 0 Å². The third kappa shape index (κ3) is 3.68. The second-order valence-electron chi connectivity index (χ2n) is 6.47. The molecule has 1 fully saturated rings. The van der Waals surface area contributed by atoms with Crippen LogP contribution in [0.2, 0.25) is 0 Å².